The molecule has 0 aliphatic heterocycles. The van der Waals surface area contributed by atoms with Gasteiger partial charge < -0.3 is 15.5 Å². The van der Waals surface area contributed by atoms with Crippen LogP contribution in [0.3, 0.4) is 0 Å². The van der Waals surface area contributed by atoms with Crippen molar-refractivity contribution in [1.82, 2.24) is 5.32 Å². The standard InChI is InChI=1S/C15H16FNO2/c1-10(11-4-2-6-13(18)8-11)17-9-12-5-3-7-14(16)15(12)19/h2-8,10,17-19H,9H2,1H3. The molecule has 0 aromatic heterocycles. The summed E-state index contributed by atoms with van der Waals surface area (Å²) in [5, 5.41) is 22.2. The fourth-order valence-corrected chi connectivity index (χ4v) is 1.88. The summed E-state index contributed by atoms with van der Waals surface area (Å²) in [4.78, 5) is 0. The van der Waals surface area contributed by atoms with E-state index in [-0.39, 0.29) is 17.5 Å². The molecule has 0 aliphatic carbocycles. The molecule has 0 saturated carbocycles. The Balaban J connectivity index is 2.04. The Morgan fingerprint density at radius 3 is 2.63 bits per heavy atom. The number of phenolic OH excluding ortho intramolecular Hbond substituents is 2. The van der Waals surface area contributed by atoms with E-state index < -0.39 is 5.82 Å². The minimum absolute atomic E-state index is 0.0187. The van der Waals surface area contributed by atoms with Crippen LogP contribution in [0, 0.1) is 5.82 Å². The first-order chi connectivity index (χ1) is 9.08. The number of rotatable bonds is 4. The van der Waals surface area contributed by atoms with Gasteiger partial charge in [0.05, 0.1) is 0 Å². The third-order valence-electron chi connectivity index (χ3n) is 3.04. The maximum absolute atomic E-state index is 13.2. The Hall–Kier alpha value is -2.07. The highest BCUT2D eigenvalue weighted by Crippen LogP contribution is 2.22. The molecule has 19 heavy (non-hydrogen) atoms. The van der Waals surface area contributed by atoms with Gasteiger partial charge in [-0.25, -0.2) is 4.39 Å². The van der Waals surface area contributed by atoms with Gasteiger partial charge in [0.2, 0.25) is 0 Å². The average Bonchev–Trinajstić information content (AvgIpc) is 2.40. The van der Waals surface area contributed by atoms with Crippen LogP contribution in [-0.2, 0) is 6.54 Å². The summed E-state index contributed by atoms with van der Waals surface area (Å²) in [7, 11) is 0. The zero-order valence-corrected chi connectivity index (χ0v) is 10.6. The van der Waals surface area contributed by atoms with Crippen LogP contribution in [0.1, 0.15) is 24.1 Å². The molecule has 2 aromatic carbocycles. The summed E-state index contributed by atoms with van der Waals surface area (Å²) in [6.45, 7) is 2.28. The van der Waals surface area contributed by atoms with Gasteiger partial charge >= 0.3 is 0 Å². The quantitative estimate of drug-likeness (QED) is 0.792. The number of phenols is 2. The Morgan fingerprint density at radius 2 is 1.89 bits per heavy atom. The molecule has 2 aromatic rings. The predicted molar refractivity (Wildman–Crippen MR) is 71.4 cm³/mol. The van der Waals surface area contributed by atoms with Crippen molar-refractivity contribution < 1.29 is 14.6 Å². The van der Waals surface area contributed by atoms with Gasteiger partial charge in [0.1, 0.15) is 5.75 Å². The second kappa shape index (κ2) is 5.71. The SMILES string of the molecule is CC(NCc1cccc(F)c1O)c1cccc(O)c1. The van der Waals surface area contributed by atoms with Crippen molar-refractivity contribution in [2.75, 3.05) is 0 Å². The number of hydrogen-bond donors (Lipinski definition) is 3. The number of para-hydroxylation sites is 1. The summed E-state index contributed by atoms with van der Waals surface area (Å²) in [6, 6.07) is 11.4. The van der Waals surface area contributed by atoms with Crippen molar-refractivity contribution in [1.29, 1.82) is 0 Å². The van der Waals surface area contributed by atoms with Crippen molar-refractivity contribution in [2.45, 2.75) is 19.5 Å². The molecule has 4 heteroatoms. The second-order valence-electron chi connectivity index (χ2n) is 4.45. The normalized spacial score (nSPS) is 12.3. The van der Waals surface area contributed by atoms with Crippen molar-refractivity contribution in [3.63, 3.8) is 0 Å². The minimum atomic E-state index is -0.621. The lowest BCUT2D eigenvalue weighted by Crippen LogP contribution is -2.18. The molecule has 0 amide bonds. The zero-order valence-electron chi connectivity index (χ0n) is 10.6. The molecule has 1 atom stereocenters. The van der Waals surface area contributed by atoms with E-state index in [9.17, 15) is 14.6 Å². The zero-order chi connectivity index (χ0) is 13.8. The fraction of sp³-hybridized carbons (Fsp3) is 0.200. The molecule has 3 nitrogen and oxygen atoms in total. The van der Waals surface area contributed by atoms with Crippen LogP contribution in [0.2, 0.25) is 0 Å². The predicted octanol–water partition coefficient (Wildman–Crippen LogP) is 3.09. The second-order valence-corrected chi connectivity index (χ2v) is 4.45. The van der Waals surface area contributed by atoms with Crippen LogP contribution in [0.4, 0.5) is 4.39 Å². The number of nitrogens with one attached hydrogen (secondary N) is 1. The molecule has 1 unspecified atom stereocenters. The highest BCUT2D eigenvalue weighted by Gasteiger charge is 2.09. The van der Waals surface area contributed by atoms with Gasteiger partial charge in [0, 0.05) is 18.2 Å². The largest absolute Gasteiger partial charge is 0.508 e. The lowest BCUT2D eigenvalue weighted by molar-refractivity contribution is 0.420. The first-order valence-electron chi connectivity index (χ1n) is 6.06. The molecule has 0 bridgehead atoms. The monoisotopic (exact) mass is 261 g/mol. The van der Waals surface area contributed by atoms with Gasteiger partial charge in [-0.15, -0.1) is 0 Å². The van der Waals surface area contributed by atoms with Crippen LogP contribution >= 0.6 is 0 Å². The maximum atomic E-state index is 13.2. The number of benzene rings is 2. The van der Waals surface area contributed by atoms with Gasteiger partial charge in [-0.3, -0.25) is 0 Å². The molecule has 0 fully saturated rings. The van der Waals surface area contributed by atoms with Gasteiger partial charge in [0.25, 0.3) is 0 Å². The topological polar surface area (TPSA) is 52.5 Å². The van der Waals surface area contributed by atoms with Crippen LogP contribution in [-0.4, -0.2) is 10.2 Å². The molecule has 3 N–H and O–H groups in total. The number of hydrogen-bond acceptors (Lipinski definition) is 3. The van der Waals surface area contributed by atoms with E-state index in [1.807, 2.05) is 13.0 Å². The molecule has 0 aliphatic rings. The summed E-state index contributed by atoms with van der Waals surface area (Å²) >= 11 is 0. The molecular formula is C15H16FNO2. The Labute approximate surface area is 111 Å². The molecular weight excluding hydrogens is 245 g/mol. The van der Waals surface area contributed by atoms with E-state index in [1.54, 1.807) is 30.3 Å². The van der Waals surface area contributed by atoms with E-state index in [1.165, 1.54) is 6.07 Å². The van der Waals surface area contributed by atoms with E-state index in [0.29, 0.717) is 12.1 Å². The number of halogens is 1. The van der Waals surface area contributed by atoms with Crippen molar-refractivity contribution >= 4 is 0 Å². The smallest absolute Gasteiger partial charge is 0.165 e. The van der Waals surface area contributed by atoms with Crippen molar-refractivity contribution in [3.8, 4) is 11.5 Å². The van der Waals surface area contributed by atoms with E-state index in [2.05, 4.69) is 5.32 Å². The molecule has 0 spiro atoms. The van der Waals surface area contributed by atoms with E-state index >= 15 is 0 Å². The Kier molecular flexibility index (Phi) is 4.02. The summed E-state index contributed by atoms with van der Waals surface area (Å²) in [5.41, 5.74) is 1.43. The minimum Gasteiger partial charge on any atom is -0.508 e. The Morgan fingerprint density at radius 1 is 1.16 bits per heavy atom. The Bertz CT molecular complexity index is 572. The first-order valence-corrected chi connectivity index (χ1v) is 6.06. The van der Waals surface area contributed by atoms with Gasteiger partial charge in [-0.05, 0) is 30.7 Å². The number of aromatic hydroxyl groups is 2. The fourth-order valence-electron chi connectivity index (χ4n) is 1.88. The summed E-state index contributed by atoms with van der Waals surface area (Å²) < 4.78 is 13.2. The summed E-state index contributed by atoms with van der Waals surface area (Å²) in [6.07, 6.45) is 0. The molecule has 0 radical (unpaired) electrons. The lowest BCUT2D eigenvalue weighted by Gasteiger charge is -2.15. The third-order valence-corrected chi connectivity index (χ3v) is 3.04. The highest BCUT2D eigenvalue weighted by molar-refractivity contribution is 5.34. The lowest BCUT2D eigenvalue weighted by atomic mass is 10.1. The van der Waals surface area contributed by atoms with Crippen molar-refractivity contribution in [2.24, 2.45) is 0 Å². The van der Waals surface area contributed by atoms with E-state index in [4.69, 9.17) is 0 Å². The average molecular weight is 261 g/mol. The van der Waals surface area contributed by atoms with Crippen molar-refractivity contribution in [3.05, 3.63) is 59.4 Å². The molecule has 0 heterocycles. The molecule has 2 rings (SSSR count). The van der Waals surface area contributed by atoms with Crippen LogP contribution in [0.5, 0.6) is 11.5 Å². The first kappa shape index (κ1) is 13.4. The van der Waals surface area contributed by atoms with Gasteiger partial charge in [0.15, 0.2) is 11.6 Å². The maximum Gasteiger partial charge on any atom is 0.165 e. The molecule has 0 saturated heterocycles. The summed E-state index contributed by atoms with van der Waals surface area (Å²) in [5.74, 6) is -0.734. The van der Waals surface area contributed by atoms with Crippen LogP contribution in [0.25, 0.3) is 0 Å². The van der Waals surface area contributed by atoms with Gasteiger partial charge in [-0.1, -0.05) is 24.3 Å². The molecule has 100 valence electrons. The van der Waals surface area contributed by atoms with Crippen LogP contribution < -0.4 is 5.32 Å². The highest BCUT2D eigenvalue weighted by atomic mass is 19.1. The van der Waals surface area contributed by atoms with Gasteiger partial charge in [-0.2, -0.15) is 0 Å². The van der Waals surface area contributed by atoms with Crippen LogP contribution in [0.15, 0.2) is 42.5 Å². The van der Waals surface area contributed by atoms with E-state index in [0.717, 1.165) is 5.56 Å². The third kappa shape index (κ3) is 3.23.